The van der Waals surface area contributed by atoms with Crippen molar-refractivity contribution in [2.24, 2.45) is 11.8 Å². The summed E-state index contributed by atoms with van der Waals surface area (Å²) in [7, 11) is -2.72. The van der Waals surface area contributed by atoms with Gasteiger partial charge in [-0.1, -0.05) is 13.8 Å². The standard InChI is InChI=1S/C8H15O4P/c1-5-7(2)8(3)6-12-13(9,10)11-4/h1,7-8H,6H2,2-4H3,(H,9,10). The van der Waals surface area contributed by atoms with Crippen LogP contribution < -0.4 is 0 Å². The Hall–Kier alpha value is -0.330. The minimum absolute atomic E-state index is 0.0110. The molecule has 0 spiro atoms. The lowest BCUT2D eigenvalue weighted by Gasteiger charge is -2.16. The Morgan fingerprint density at radius 3 is 2.54 bits per heavy atom. The molecule has 0 heterocycles. The maximum Gasteiger partial charge on any atom is 0.471 e. The highest BCUT2D eigenvalue weighted by Crippen LogP contribution is 2.42. The normalized spacial score (nSPS) is 19.9. The predicted octanol–water partition coefficient (Wildman–Crippen LogP) is 1.66. The minimum Gasteiger partial charge on any atom is -0.303 e. The fraction of sp³-hybridized carbons (Fsp3) is 0.750. The Bertz CT molecular complexity index is 233. The van der Waals surface area contributed by atoms with E-state index in [-0.39, 0.29) is 18.4 Å². The van der Waals surface area contributed by atoms with Crippen LogP contribution in [-0.4, -0.2) is 18.6 Å². The third-order valence-corrected chi connectivity index (χ3v) is 2.78. The largest absolute Gasteiger partial charge is 0.471 e. The molecule has 13 heavy (non-hydrogen) atoms. The summed E-state index contributed by atoms with van der Waals surface area (Å²) in [5.41, 5.74) is 0. The van der Waals surface area contributed by atoms with Crippen molar-refractivity contribution in [1.29, 1.82) is 0 Å². The maximum absolute atomic E-state index is 10.9. The van der Waals surface area contributed by atoms with Crippen LogP contribution in [0.4, 0.5) is 0 Å². The number of rotatable bonds is 5. The lowest BCUT2D eigenvalue weighted by Crippen LogP contribution is -2.12. The first-order chi connectivity index (χ1) is 5.93. The van der Waals surface area contributed by atoms with Crippen molar-refractivity contribution >= 4 is 7.82 Å². The second-order valence-electron chi connectivity index (χ2n) is 2.88. The quantitative estimate of drug-likeness (QED) is 0.549. The highest BCUT2D eigenvalue weighted by atomic mass is 31.2. The second-order valence-corrected chi connectivity index (χ2v) is 4.44. The average Bonchev–Trinajstić information content (AvgIpc) is 2.13. The van der Waals surface area contributed by atoms with Gasteiger partial charge in [-0.25, -0.2) is 4.57 Å². The molecule has 3 unspecified atom stereocenters. The van der Waals surface area contributed by atoms with Gasteiger partial charge in [0, 0.05) is 13.0 Å². The first-order valence-corrected chi connectivity index (χ1v) is 5.41. The summed E-state index contributed by atoms with van der Waals surface area (Å²) in [6.07, 6.45) is 5.18. The minimum atomic E-state index is -3.85. The summed E-state index contributed by atoms with van der Waals surface area (Å²) in [4.78, 5) is 8.89. The Balaban J connectivity index is 3.91. The molecule has 0 aliphatic carbocycles. The molecule has 76 valence electrons. The van der Waals surface area contributed by atoms with Gasteiger partial charge in [0.1, 0.15) is 0 Å². The van der Waals surface area contributed by atoms with Crippen LogP contribution in [0.3, 0.4) is 0 Å². The highest BCUT2D eigenvalue weighted by Gasteiger charge is 2.21. The molecule has 0 aliphatic heterocycles. The van der Waals surface area contributed by atoms with Gasteiger partial charge in [0.25, 0.3) is 0 Å². The molecule has 0 saturated heterocycles. The average molecular weight is 206 g/mol. The van der Waals surface area contributed by atoms with Crippen LogP contribution in [0.25, 0.3) is 0 Å². The van der Waals surface area contributed by atoms with Crippen molar-refractivity contribution in [2.45, 2.75) is 13.8 Å². The van der Waals surface area contributed by atoms with E-state index in [4.69, 9.17) is 11.3 Å². The van der Waals surface area contributed by atoms with Gasteiger partial charge >= 0.3 is 7.82 Å². The van der Waals surface area contributed by atoms with Crippen LogP contribution in [0.5, 0.6) is 0 Å². The predicted molar refractivity (Wildman–Crippen MR) is 49.9 cm³/mol. The number of phosphoric acid groups is 1. The molecule has 0 amide bonds. The van der Waals surface area contributed by atoms with E-state index in [1.807, 2.05) is 13.8 Å². The van der Waals surface area contributed by atoms with Gasteiger partial charge in [0.05, 0.1) is 6.61 Å². The summed E-state index contributed by atoms with van der Waals surface area (Å²) < 4.78 is 19.8. The number of hydrogen-bond acceptors (Lipinski definition) is 3. The van der Waals surface area contributed by atoms with Gasteiger partial charge in [-0.3, -0.25) is 9.05 Å². The first kappa shape index (κ1) is 12.7. The molecule has 0 aromatic carbocycles. The summed E-state index contributed by atoms with van der Waals surface area (Å²) in [5.74, 6) is 2.57. The van der Waals surface area contributed by atoms with E-state index in [9.17, 15) is 4.57 Å². The topological polar surface area (TPSA) is 55.8 Å². The molecule has 0 rings (SSSR count). The van der Waals surface area contributed by atoms with Crippen molar-refractivity contribution < 1.29 is 18.5 Å². The molecule has 0 saturated carbocycles. The molecule has 0 radical (unpaired) electrons. The maximum atomic E-state index is 10.9. The Morgan fingerprint density at radius 1 is 1.62 bits per heavy atom. The summed E-state index contributed by atoms with van der Waals surface area (Å²) in [6, 6.07) is 0. The fourth-order valence-electron chi connectivity index (χ4n) is 0.573. The van der Waals surface area contributed by atoms with Crippen LogP contribution in [0.15, 0.2) is 0 Å². The number of phosphoric ester groups is 1. The van der Waals surface area contributed by atoms with E-state index in [0.29, 0.717) is 0 Å². The van der Waals surface area contributed by atoms with Gasteiger partial charge < -0.3 is 4.89 Å². The van der Waals surface area contributed by atoms with Crippen molar-refractivity contribution in [2.75, 3.05) is 13.7 Å². The first-order valence-electron chi connectivity index (χ1n) is 3.92. The van der Waals surface area contributed by atoms with E-state index in [1.54, 1.807) is 0 Å². The van der Waals surface area contributed by atoms with Crippen LogP contribution >= 0.6 is 7.82 Å². The van der Waals surface area contributed by atoms with Gasteiger partial charge in [-0.2, -0.15) is 0 Å². The summed E-state index contributed by atoms with van der Waals surface area (Å²) in [5, 5.41) is 0. The van der Waals surface area contributed by atoms with Gasteiger partial charge in [-0.15, -0.1) is 12.3 Å². The van der Waals surface area contributed by atoms with Crippen molar-refractivity contribution in [1.82, 2.24) is 0 Å². The lowest BCUT2D eigenvalue weighted by molar-refractivity contribution is 0.145. The van der Waals surface area contributed by atoms with Crippen molar-refractivity contribution in [3.8, 4) is 12.3 Å². The third kappa shape index (κ3) is 5.07. The molecule has 5 heteroatoms. The molecule has 1 N–H and O–H groups in total. The zero-order valence-electron chi connectivity index (χ0n) is 8.06. The smallest absolute Gasteiger partial charge is 0.303 e. The molecule has 0 bridgehead atoms. The van der Waals surface area contributed by atoms with Crippen molar-refractivity contribution in [3.63, 3.8) is 0 Å². The fourth-order valence-corrected chi connectivity index (χ4v) is 1.10. The molecule has 0 aromatic rings. The van der Waals surface area contributed by atoms with Gasteiger partial charge in [-0.05, 0) is 5.92 Å². The zero-order chi connectivity index (χ0) is 10.5. The zero-order valence-corrected chi connectivity index (χ0v) is 8.95. The van der Waals surface area contributed by atoms with Crippen LogP contribution in [0.2, 0.25) is 0 Å². The molecule has 0 fully saturated rings. The highest BCUT2D eigenvalue weighted by molar-refractivity contribution is 7.47. The summed E-state index contributed by atoms with van der Waals surface area (Å²) >= 11 is 0. The Kier molecular flexibility index (Phi) is 5.27. The van der Waals surface area contributed by atoms with Gasteiger partial charge in [0.15, 0.2) is 0 Å². The van der Waals surface area contributed by atoms with E-state index in [1.165, 1.54) is 0 Å². The van der Waals surface area contributed by atoms with Gasteiger partial charge in [0.2, 0.25) is 0 Å². The molecule has 3 atom stereocenters. The lowest BCUT2D eigenvalue weighted by atomic mass is 9.98. The van der Waals surface area contributed by atoms with E-state index >= 15 is 0 Å². The molecular weight excluding hydrogens is 191 g/mol. The summed E-state index contributed by atoms with van der Waals surface area (Å²) in [6.45, 7) is 3.82. The molecule has 4 nitrogen and oxygen atoms in total. The number of hydrogen-bond donors (Lipinski definition) is 1. The number of terminal acetylenes is 1. The Labute approximate surface area is 78.9 Å². The van der Waals surface area contributed by atoms with E-state index in [2.05, 4.69) is 15.0 Å². The molecule has 0 aromatic heterocycles. The van der Waals surface area contributed by atoms with E-state index in [0.717, 1.165) is 7.11 Å². The van der Waals surface area contributed by atoms with Crippen LogP contribution in [0, 0.1) is 24.2 Å². The van der Waals surface area contributed by atoms with E-state index < -0.39 is 7.82 Å². The SMILES string of the molecule is C#CC(C)C(C)COP(=O)(O)OC. The molecule has 0 aliphatic rings. The monoisotopic (exact) mass is 206 g/mol. The van der Waals surface area contributed by atoms with Crippen LogP contribution in [0.1, 0.15) is 13.8 Å². The second kappa shape index (κ2) is 5.41. The third-order valence-electron chi connectivity index (χ3n) is 1.85. The van der Waals surface area contributed by atoms with Crippen LogP contribution in [-0.2, 0) is 13.6 Å². The van der Waals surface area contributed by atoms with Crippen molar-refractivity contribution in [3.05, 3.63) is 0 Å². The Morgan fingerprint density at radius 2 is 2.15 bits per heavy atom. The molecular formula is C8H15O4P.